The Hall–Kier alpha value is -2.92. The van der Waals surface area contributed by atoms with Crippen LogP contribution in [0.15, 0.2) is 54.9 Å². The number of fused-ring (bicyclic) bond motifs is 1. The number of pyridine rings is 1. The van der Waals surface area contributed by atoms with Gasteiger partial charge in [-0.2, -0.15) is 0 Å². The van der Waals surface area contributed by atoms with Crippen molar-refractivity contribution in [3.8, 4) is 27.3 Å². The molecule has 5 heteroatoms. The van der Waals surface area contributed by atoms with Gasteiger partial charge in [-0.3, -0.25) is 4.79 Å². The van der Waals surface area contributed by atoms with Crippen LogP contribution in [0.3, 0.4) is 0 Å². The molecule has 118 valence electrons. The Balaban J connectivity index is 1.84. The summed E-state index contributed by atoms with van der Waals surface area (Å²) in [5, 5.41) is 1.04. The summed E-state index contributed by atoms with van der Waals surface area (Å²) in [4.78, 5) is 20.4. The van der Waals surface area contributed by atoms with Crippen LogP contribution in [-0.4, -0.2) is 23.4 Å². The number of aromatic nitrogens is 2. The number of carbonyl (C=O) groups is 1. The predicted molar refractivity (Wildman–Crippen MR) is 96.8 cm³/mol. The van der Waals surface area contributed by atoms with E-state index in [1.807, 2.05) is 48.8 Å². The molecule has 0 radical (unpaired) electrons. The average Bonchev–Trinajstić information content (AvgIpc) is 3.27. The first-order chi connectivity index (χ1) is 11.8. The zero-order valence-electron chi connectivity index (χ0n) is 12.9. The second-order valence-corrected chi connectivity index (χ2v) is 6.49. The van der Waals surface area contributed by atoms with Crippen LogP contribution in [0.2, 0.25) is 0 Å². The number of H-pyrrole nitrogens is 1. The summed E-state index contributed by atoms with van der Waals surface area (Å²) in [5.74, 6) is 0.816. The van der Waals surface area contributed by atoms with Gasteiger partial charge in [0.15, 0.2) is 6.29 Å². The van der Waals surface area contributed by atoms with Gasteiger partial charge in [-0.1, -0.05) is 12.1 Å². The molecule has 4 aromatic rings. The number of hydrogen-bond donors (Lipinski definition) is 1. The van der Waals surface area contributed by atoms with Crippen LogP contribution < -0.4 is 4.74 Å². The highest BCUT2D eigenvalue weighted by Crippen LogP contribution is 2.35. The van der Waals surface area contributed by atoms with Crippen LogP contribution in [0.25, 0.3) is 32.6 Å². The molecule has 4 rings (SSSR count). The first kappa shape index (κ1) is 14.7. The van der Waals surface area contributed by atoms with Crippen LogP contribution in [0.5, 0.6) is 5.75 Å². The molecular weight excluding hydrogens is 320 g/mol. The number of nitrogens with one attached hydrogen (secondary N) is 1. The molecule has 0 atom stereocenters. The van der Waals surface area contributed by atoms with E-state index in [0.29, 0.717) is 0 Å². The van der Waals surface area contributed by atoms with Gasteiger partial charge in [-0.15, -0.1) is 11.3 Å². The third-order valence-corrected chi connectivity index (χ3v) is 4.99. The summed E-state index contributed by atoms with van der Waals surface area (Å²) in [6, 6.07) is 13.8. The number of thiophene rings is 1. The van der Waals surface area contributed by atoms with Gasteiger partial charge in [0, 0.05) is 33.8 Å². The number of aromatic amines is 1. The highest BCUT2D eigenvalue weighted by Gasteiger charge is 2.11. The Kier molecular flexibility index (Phi) is 3.63. The summed E-state index contributed by atoms with van der Waals surface area (Å²) < 4.78 is 5.30. The zero-order valence-corrected chi connectivity index (χ0v) is 13.8. The van der Waals surface area contributed by atoms with Crippen molar-refractivity contribution in [1.82, 2.24) is 9.97 Å². The van der Waals surface area contributed by atoms with Crippen molar-refractivity contribution in [3.63, 3.8) is 0 Å². The van der Waals surface area contributed by atoms with E-state index >= 15 is 0 Å². The number of nitrogens with zero attached hydrogens (tertiary/aromatic N) is 1. The number of methoxy groups -OCH3 is 1. The maximum absolute atomic E-state index is 10.9. The molecule has 0 fully saturated rings. The van der Waals surface area contributed by atoms with Crippen LogP contribution in [0.1, 0.15) is 9.67 Å². The van der Waals surface area contributed by atoms with E-state index in [9.17, 15) is 4.79 Å². The van der Waals surface area contributed by atoms with Crippen molar-refractivity contribution < 1.29 is 9.53 Å². The first-order valence-electron chi connectivity index (χ1n) is 7.45. The third-order valence-electron chi connectivity index (χ3n) is 3.94. The topological polar surface area (TPSA) is 55.0 Å². The number of ether oxygens (including phenoxy) is 1. The van der Waals surface area contributed by atoms with E-state index in [2.05, 4.69) is 16.0 Å². The largest absolute Gasteiger partial charge is 0.497 e. The monoisotopic (exact) mass is 334 g/mol. The second kappa shape index (κ2) is 5.94. The van der Waals surface area contributed by atoms with Gasteiger partial charge in [-0.25, -0.2) is 4.98 Å². The lowest BCUT2D eigenvalue weighted by molar-refractivity contribution is 0.112. The number of rotatable bonds is 4. The zero-order chi connectivity index (χ0) is 16.5. The van der Waals surface area contributed by atoms with Crippen molar-refractivity contribution >= 4 is 28.7 Å². The van der Waals surface area contributed by atoms with Crippen molar-refractivity contribution in [2.24, 2.45) is 0 Å². The molecule has 24 heavy (non-hydrogen) atoms. The van der Waals surface area contributed by atoms with Crippen LogP contribution in [0.4, 0.5) is 0 Å². The lowest BCUT2D eigenvalue weighted by Crippen LogP contribution is -1.85. The predicted octanol–water partition coefficient (Wildman–Crippen LogP) is 4.78. The van der Waals surface area contributed by atoms with Gasteiger partial charge in [0.1, 0.15) is 11.4 Å². The third kappa shape index (κ3) is 2.49. The molecule has 0 amide bonds. The Morgan fingerprint density at radius 2 is 2.08 bits per heavy atom. The van der Waals surface area contributed by atoms with E-state index in [4.69, 9.17) is 4.74 Å². The van der Waals surface area contributed by atoms with E-state index in [-0.39, 0.29) is 0 Å². The number of carbonyl (C=O) groups excluding carboxylic acids is 1. The summed E-state index contributed by atoms with van der Waals surface area (Å²) in [5.41, 5.74) is 3.96. The summed E-state index contributed by atoms with van der Waals surface area (Å²) in [7, 11) is 1.66. The fourth-order valence-corrected chi connectivity index (χ4v) is 3.58. The molecule has 3 heterocycles. The lowest BCUT2D eigenvalue weighted by atomic mass is 10.0. The summed E-state index contributed by atoms with van der Waals surface area (Å²) in [6.07, 6.45) is 4.67. The standard InChI is InChI=1S/C19H14N2O2S/c1-23-14-4-2-3-12(7-14)13-8-16-17(10-21-19(16)20-9-13)18-6-5-15(11-22)24-18/h2-11H,1H3,(H,20,21). The van der Waals surface area contributed by atoms with Gasteiger partial charge in [-0.05, 0) is 35.9 Å². The van der Waals surface area contributed by atoms with Crippen molar-refractivity contribution in [1.29, 1.82) is 0 Å². The van der Waals surface area contributed by atoms with Crippen molar-refractivity contribution in [3.05, 3.63) is 59.7 Å². The molecule has 0 aliphatic heterocycles. The maximum atomic E-state index is 10.9. The Morgan fingerprint density at radius 1 is 1.17 bits per heavy atom. The van der Waals surface area contributed by atoms with E-state index in [1.165, 1.54) is 11.3 Å². The fraction of sp³-hybridized carbons (Fsp3) is 0.0526. The highest BCUT2D eigenvalue weighted by atomic mass is 32.1. The molecule has 0 aliphatic carbocycles. The maximum Gasteiger partial charge on any atom is 0.160 e. The minimum atomic E-state index is 0.719. The molecule has 0 bridgehead atoms. The van der Waals surface area contributed by atoms with E-state index in [0.717, 1.165) is 49.5 Å². The quantitative estimate of drug-likeness (QED) is 0.546. The summed E-state index contributed by atoms with van der Waals surface area (Å²) in [6.45, 7) is 0. The number of benzene rings is 1. The molecule has 4 nitrogen and oxygen atoms in total. The molecule has 1 N–H and O–H groups in total. The van der Waals surface area contributed by atoms with Crippen LogP contribution in [0, 0.1) is 0 Å². The number of aldehydes is 1. The fourth-order valence-electron chi connectivity index (χ4n) is 2.73. The molecule has 1 aromatic carbocycles. The smallest absolute Gasteiger partial charge is 0.160 e. The van der Waals surface area contributed by atoms with Gasteiger partial charge in [0.2, 0.25) is 0 Å². The SMILES string of the molecule is COc1cccc(-c2cnc3[nH]cc(-c4ccc(C=O)s4)c3c2)c1. The molecular formula is C19H14N2O2S. The first-order valence-corrected chi connectivity index (χ1v) is 8.27. The molecule has 0 spiro atoms. The van der Waals surface area contributed by atoms with Gasteiger partial charge in [0.05, 0.1) is 12.0 Å². The Morgan fingerprint density at radius 3 is 2.88 bits per heavy atom. The second-order valence-electron chi connectivity index (χ2n) is 5.37. The molecule has 0 saturated carbocycles. The average molecular weight is 334 g/mol. The molecule has 0 aliphatic rings. The van der Waals surface area contributed by atoms with Crippen LogP contribution >= 0.6 is 11.3 Å². The number of hydrogen-bond acceptors (Lipinski definition) is 4. The van der Waals surface area contributed by atoms with Crippen molar-refractivity contribution in [2.75, 3.05) is 7.11 Å². The minimum absolute atomic E-state index is 0.719. The minimum Gasteiger partial charge on any atom is -0.497 e. The van der Waals surface area contributed by atoms with E-state index < -0.39 is 0 Å². The Labute approximate surface area is 142 Å². The van der Waals surface area contributed by atoms with Gasteiger partial charge in [0.25, 0.3) is 0 Å². The van der Waals surface area contributed by atoms with Gasteiger partial charge < -0.3 is 9.72 Å². The van der Waals surface area contributed by atoms with E-state index in [1.54, 1.807) is 7.11 Å². The van der Waals surface area contributed by atoms with Crippen molar-refractivity contribution in [2.45, 2.75) is 0 Å². The molecule has 0 saturated heterocycles. The molecule has 3 aromatic heterocycles. The normalized spacial score (nSPS) is 10.9. The highest BCUT2D eigenvalue weighted by molar-refractivity contribution is 7.17. The summed E-state index contributed by atoms with van der Waals surface area (Å²) >= 11 is 1.48. The van der Waals surface area contributed by atoms with Gasteiger partial charge >= 0.3 is 0 Å². The van der Waals surface area contributed by atoms with Crippen LogP contribution in [-0.2, 0) is 0 Å². The molecule has 0 unspecified atom stereocenters. The lowest BCUT2D eigenvalue weighted by Gasteiger charge is -2.05. The Bertz CT molecular complexity index is 1030.